The van der Waals surface area contributed by atoms with E-state index in [2.05, 4.69) is 49.2 Å². The van der Waals surface area contributed by atoms with Gasteiger partial charge in [0.05, 0.1) is 18.9 Å². The fourth-order valence-corrected chi connectivity index (χ4v) is 4.43. The quantitative estimate of drug-likeness (QED) is 0.465. The number of methoxy groups -OCH3 is 1. The van der Waals surface area contributed by atoms with Crippen molar-refractivity contribution in [3.8, 4) is 40.6 Å². The molecule has 5 rings (SSSR count). The molecule has 0 bridgehead atoms. The average Bonchev–Trinajstić information content (AvgIpc) is 3.48. The SMILES string of the molecule is COc1cnc(C(F)F)cc1-c1cc(C#CC2(C)CCCO2)ncc1C(=O)Nc1nnc(C#CC2CC2)s1. The number of rotatable bonds is 5. The summed E-state index contributed by atoms with van der Waals surface area (Å²) in [7, 11) is 1.40. The standard InChI is InChI=1S/C27H23F2N5O3S/c1-27(9-3-11-37-27)10-8-17-12-18(19-13-21(24(28)29)31-15-22(19)36-2)20(14-30-17)25(35)32-26-34-33-23(38-26)7-6-16-4-5-16/h12-16,24H,3-5,9,11H2,1-2H3,(H,32,34,35). The van der Waals surface area contributed by atoms with Crippen molar-refractivity contribution >= 4 is 22.4 Å². The Bertz CT molecular complexity index is 1490. The molecule has 2 aliphatic rings. The Morgan fingerprint density at radius 1 is 1.21 bits per heavy atom. The van der Waals surface area contributed by atoms with Gasteiger partial charge in [-0.3, -0.25) is 15.1 Å². The smallest absolute Gasteiger partial charge is 0.280 e. The highest BCUT2D eigenvalue weighted by atomic mass is 32.1. The van der Waals surface area contributed by atoms with E-state index >= 15 is 0 Å². The summed E-state index contributed by atoms with van der Waals surface area (Å²) in [6.45, 7) is 2.54. The summed E-state index contributed by atoms with van der Waals surface area (Å²) in [5.74, 6) is 12.2. The van der Waals surface area contributed by atoms with Crippen molar-refractivity contribution < 1.29 is 23.0 Å². The highest BCUT2D eigenvalue weighted by molar-refractivity contribution is 7.15. The van der Waals surface area contributed by atoms with Gasteiger partial charge in [-0.05, 0) is 56.6 Å². The van der Waals surface area contributed by atoms with Crippen molar-refractivity contribution in [2.24, 2.45) is 5.92 Å². The summed E-state index contributed by atoms with van der Waals surface area (Å²) in [5, 5.41) is 11.5. The van der Waals surface area contributed by atoms with Gasteiger partial charge in [0.1, 0.15) is 22.7 Å². The highest BCUT2D eigenvalue weighted by Crippen LogP contribution is 2.35. The number of halogens is 2. The minimum absolute atomic E-state index is 0.115. The third-order valence-corrected chi connectivity index (χ3v) is 6.80. The molecule has 4 heterocycles. The first-order valence-electron chi connectivity index (χ1n) is 12.0. The van der Waals surface area contributed by atoms with E-state index in [1.807, 2.05) is 6.92 Å². The van der Waals surface area contributed by atoms with E-state index in [0.717, 1.165) is 37.0 Å². The zero-order valence-electron chi connectivity index (χ0n) is 20.7. The number of hydrogen-bond acceptors (Lipinski definition) is 8. The lowest BCUT2D eigenvalue weighted by molar-refractivity contribution is 0.0695. The molecule has 11 heteroatoms. The predicted molar refractivity (Wildman–Crippen MR) is 137 cm³/mol. The number of alkyl halides is 2. The summed E-state index contributed by atoms with van der Waals surface area (Å²) in [6.07, 6.45) is 3.61. The van der Waals surface area contributed by atoms with Crippen molar-refractivity contribution in [2.45, 2.75) is 44.6 Å². The number of nitrogens with one attached hydrogen (secondary N) is 1. The molecule has 1 saturated carbocycles. The van der Waals surface area contributed by atoms with Gasteiger partial charge in [0.15, 0.2) is 5.01 Å². The van der Waals surface area contributed by atoms with Crippen molar-refractivity contribution in [1.29, 1.82) is 0 Å². The lowest BCUT2D eigenvalue weighted by Crippen LogP contribution is -2.19. The van der Waals surface area contributed by atoms with E-state index in [1.165, 1.54) is 25.6 Å². The van der Waals surface area contributed by atoms with Crippen molar-refractivity contribution in [2.75, 3.05) is 19.0 Å². The number of carbonyl (C=O) groups is 1. The van der Waals surface area contributed by atoms with Gasteiger partial charge in [-0.1, -0.05) is 23.2 Å². The second kappa shape index (κ2) is 10.8. The van der Waals surface area contributed by atoms with E-state index < -0.39 is 23.6 Å². The minimum atomic E-state index is -2.81. The van der Waals surface area contributed by atoms with Crippen LogP contribution in [0.25, 0.3) is 11.1 Å². The molecule has 3 aromatic heterocycles. The Balaban J connectivity index is 1.52. The molecule has 38 heavy (non-hydrogen) atoms. The Labute approximate surface area is 222 Å². The Morgan fingerprint density at radius 3 is 2.76 bits per heavy atom. The molecule has 1 amide bonds. The van der Waals surface area contributed by atoms with Gasteiger partial charge in [0, 0.05) is 29.8 Å². The van der Waals surface area contributed by atoms with Crippen LogP contribution in [0.3, 0.4) is 0 Å². The monoisotopic (exact) mass is 535 g/mol. The number of amides is 1. The van der Waals surface area contributed by atoms with Gasteiger partial charge in [-0.15, -0.1) is 10.2 Å². The highest BCUT2D eigenvalue weighted by Gasteiger charge is 2.27. The van der Waals surface area contributed by atoms with Gasteiger partial charge in [0.25, 0.3) is 12.3 Å². The zero-order chi connectivity index (χ0) is 26.7. The summed E-state index contributed by atoms with van der Waals surface area (Å²) in [4.78, 5) is 21.4. The van der Waals surface area contributed by atoms with Crippen LogP contribution in [0.2, 0.25) is 0 Å². The van der Waals surface area contributed by atoms with E-state index in [1.54, 1.807) is 6.07 Å². The van der Waals surface area contributed by atoms with Crippen LogP contribution in [0.5, 0.6) is 5.75 Å². The maximum absolute atomic E-state index is 13.5. The molecule has 1 N–H and O–H groups in total. The van der Waals surface area contributed by atoms with Gasteiger partial charge >= 0.3 is 0 Å². The van der Waals surface area contributed by atoms with E-state index in [0.29, 0.717) is 28.8 Å². The third-order valence-electron chi connectivity index (χ3n) is 6.05. The van der Waals surface area contributed by atoms with Gasteiger partial charge in [-0.2, -0.15) is 0 Å². The number of anilines is 1. The number of aromatic nitrogens is 4. The molecule has 194 valence electrons. The van der Waals surface area contributed by atoms with Crippen LogP contribution in [-0.2, 0) is 4.74 Å². The fraction of sp³-hybridized carbons (Fsp3) is 0.370. The van der Waals surface area contributed by atoms with Crippen LogP contribution in [0.15, 0.2) is 24.5 Å². The van der Waals surface area contributed by atoms with Crippen LogP contribution in [-0.4, -0.2) is 45.4 Å². The molecular formula is C27H23F2N5O3S. The molecule has 1 aliphatic carbocycles. The third kappa shape index (κ3) is 5.96. The average molecular weight is 536 g/mol. The number of hydrogen-bond donors (Lipinski definition) is 1. The van der Waals surface area contributed by atoms with Crippen LogP contribution in [0.1, 0.15) is 65.8 Å². The fourth-order valence-electron chi connectivity index (χ4n) is 3.83. The molecule has 0 spiro atoms. The first-order chi connectivity index (χ1) is 18.3. The van der Waals surface area contributed by atoms with Gasteiger partial charge in [-0.25, -0.2) is 13.8 Å². The van der Waals surface area contributed by atoms with E-state index in [9.17, 15) is 13.6 Å². The van der Waals surface area contributed by atoms with Gasteiger partial charge in [0.2, 0.25) is 5.13 Å². The largest absolute Gasteiger partial charge is 0.494 e. The van der Waals surface area contributed by atoms with Crippen molar-refractivity contribution in [3.05, 3.63) is 46.5 Å². The summed E-state index contributed by atoms with van der Waals surface area (Å²) in [6, 6.07) is 2.77. The normalized spacial score (nSPS) is 18.3. The summed E-state index contributed by atoms with van der Waals surface area (Å²) in [5.41, 5.74) is -0.0218. The molecular weight excluding hydrogens is 512 g/mol. The molecule has 1 unspecified atom stereocenters. The maximum Gasteiger partial charge on any atom is 0.280 e. The van der Waals surface area contributed by atoms with Crippen LogP contribution >= 0.6 is 11.3 Å². The molecule has 2 fully saturated rings. The number of ether oxygens (including phenoxy) is 2. The number of nitrogens with zero attached hydrogens (tertiary/aromatic N) is 4. The zero-order valence-corrected chi connectivity index (χ0v) is 21.5. The first kappa shape index (κ1) is 25.7. The Hall–Kier alpha value is -3.93. The lowest BCUT2D eigenvalue weighted by atomic mass is 9.98. The Kier molecular flexibility index (Phi) is 7.32. The Morgan fingerprint density at radius 2 is 2.05 bits per heavy atom. The molecule has 8 nitrogen and oxygen atoms in total. The van der Waals surface area contributed by atoms with Crippen LogP contribution in [0, 0.1) is 29.6 Å². The molecule has 3 aromatic rings. The van der Waals surface area contributed by atoms with E-state index in [-0.39, 0.29) is 22.0 Å². The minimum Gasteiger partial charge on any atom is -0.494 e. The summed E-state index contributed by atoms with van der Waals surface area (Å²) >= 11 is 1.15. The topological polar surface area (TPSA) is 99.1 Å². The number of carbonyl (C=O) groups excluding carboxylic acids is 1. The molecule has 1 saturated heterocycles. The molecule has 0 aromatic carbocycles. The maximum atomic E-state index is 13.5. The second-order valence-corrected chi connectivity index (χ2v) is 10.0. The molecule has 1 atom stereocenters. The summed E-state index contributed by atoms with van der Waals surface area (Å²) < 4.78 is 38.2. The van der Waals surface area contributed by atoms with Crippen LogP contribution in [0.4, 0.5) is 13.9 Å². The van der Waals surface area contributed by atoms with Gasteiger partial charge < -0.3 is 9.47 Å². The van der Waals surface area contributed by atoms with Crippen molar-refractivity contribution in [3.63, 3.8) is 0 Å². The number of pyridine rings is 2. The second-order valence-electron chi connectivity index (χ2n) is 9.07. The lowest BCUT2D eigenvalue weighted by Gasteiger charge is -2.15. The van der Waals surface area contributed by atoms with E-state index in [4.69, 9.17) is 9.47 Å². The van der Waals surface area contributed by atoms with Crippen LogP contribution < -0.4 is 10.1 Å². The predicted octanol–water partition coefficient (Wildman–Crippen LogP) is 4.88. The molecule has 0 radical (unpaired) electrons. The van der Waals surface area contributed by atoms with Crippen molar-refractivity contribution in [1.82, 2.24) is 20.2 Å². The first-order valence-corrected chi connectivity index (χ1v) is 12.8. The molecule has 1 aliphatic heterocycles.